The maximum Gasteiger partial charge on any atom is 0.0757 e. The fraction of sp³-hybridized carbons (Fsp3) is 1.00. The first-order chi connectivity index (χ1) is 4.24. The van der Waals surface area contributed by atoms with E-state index in [1.165, 1.54) is 30.7 Å². The number of hydrogen-bond donors (Lipinski definition) is 1. The van der Waals surface area contributed by atoms with Gasteiger partial charge >= 0.3 is 0 Å². The third kappa shape index (κ3) is 4.62. The molecule has 0 aromatic heterocycles. The van der Waals surface area contributed by atoms with Crippen molar-refractivity contribution >= 4 is 0 Å². The molecule has 0 spiro atoms. The van der Waals surface area contributed by atoms with Gasteiger partial charge in [0.1, 0.15) is 0 Å². The average molecular weight is 183 g/mol. The van der Waals surface area contributed by atoms with E-state index >= 15 is 0 Å². The molecule has 2 nitrogen and oxygen atoms in total. The molecular formula is C8H23ClN2. The monoisotopic (exact) mass is 182 g/mol. The predicted molar refractivity (Wildman–Crippen MR) is 47.4 cm³/mol. The summed E-state index contributed by atoms with van der Waals surface area (Å²) in [6.45, 7) is 14.2. The number of rotatable bonds is 4. The SMILES string of the molecule is CC[N+](CC)(CC)CC.N.[Cl-]. The summed E-state index contributed by atoms with van der Waals surface area (Å²) >= 11 is 0. The molecule has 0 amide bonds. The van der Waals surface area contributed by atoms with Crippen LogP contribution in [-0.4, -0.2) is 30.7 Å². The van der Waals surface area contributed by atoms with Gasteiger partial charge in [0.2, 0.25) is 0 Å². The molecule has 3 N–H and O–H groups in total. The van der Waals surface area contributed by atoms with E-state index in [9.17, 15) is 0 Å². The number of quaternary nitrogens is 1. The zero-order chi connectivity index (χ0) is 7.33. The highest BCUT2D eigenvalue weighted by molar-refractivity contribution is 4.31. The van der Waals surface area contributed by atoms with Crippen molar-refractivity contribution in [1.82, 2.24) is 6.15 Å². The van der Waals surface area contributed by atoms with E-state index in [0.717, 1.165) is 0 Å². The Hall–Kier alpha value is 0.210. The van der Waals surface area contributed by atoms with E-state index in [-0.39, 0.29) is 18.6 Å². The summed E-state index contributed by atoms with van der Waals surface area (Å²) in [5.41, 5.74) is 0. The van der Waals surface area contributed by atoms with Crippen LogP contribution in [-0.2, 0) is 0 Å². The van der Waals surface area contributed by atoms with Gasteiger partial charge in [-0.1, -0.05) is 0 Å². The maximum absolute atomic E-state index is 2.27. The minimum atomic E-state index is 0. The van der Waals surface area contributed by atoms with Gasteiger partial charge in [0.05, 0.1) is 26.2 Å². The van der Waals surface area contributed by atoms with E-state index in [2.05, 4.69) is 27.7 Å². The molecule has 0 fully saturated rings. The third-order valence-electron chi connectivity index (χ3n) is 2.68. The molecule has 0 aliphatic rings. The summed E-state index contributed by atoms with van der Waals surface area (Å²) in [5.74, 6) is 0. The van der Waals surface area contributed by atoms with Crippen LogP contribution in [0.15, 0.2) is 0 Å². The minimum Gasteiger partial charge on any atom is -1.00 e. The molecule has 0 aliphatic heterocycles. The Morgan fingerprint density at radius 1 is 0.727 bits per heavy atom. The van der Waals surface area contributed by atoms with Crippen molar-refractivity contribution in [3.63, 3.8) is 0 Å². The summed E-state index contributed by atoms with van der Waals surface area (Å²) in [6.07, 6.45) is 0. The van der Waals surface area contributed by atoms with Crippen molar-refractivity contribution in [2.24, 2.45) is 0 Å². The van der Waals surface area contributed by atoms with Crippen molar-refractivity contribution in [3.8, 4) is 0 Å². The molecule has 0 heterocycles. The second-order valence-corrected chi connectivity index (χ2v) is 2.61. The van der Waals surface area contributed by atoms with Crippen LogP contribution in [0.25, 0.3) is 0 Å². The molecule has 0 aromatic carbocycles. The summed E-state index contributed by atoms with van der Waals surface area (Å²) < 4.78 is 1.28. The van der Waals surface area contributed by atoms with Gasteiger partial charge in [-0.3, -0.25) is 0 Å². The first kappa shape index (κ1) is 17.3. The Kier molecular flexibility index (Phi) is 13.1. The maximum atomic E-state index is 2.27. The molecule has 0 aliphatic carbocycles. The quantitative estimate of drug-likeness (QED) is 0.560. The Balaban J connectivity index is -0.000000320. The lowest BCUT2D eigenvalue weighted by atomic mass is 10.3. The fourth-order valence-electron chi connectivity index (χ4n) is 1.34. The van der Waals surface area contributed by atoms with Gasteiger partial charge in [-0.05, 0) is 27.7 Å². The first-order valence-electron chi connectivity index (χ1n) is 4.09. The van der Waals surface area contributed by atoms with Gasteiger partial charge in [-0.2, -0.15) is 0 Å². The lowest BCUT2D eigenvalue weighted by Gasteiger charge is -2.34. The molecule has 0 saturated heterocycles. The lowest BCUT2D eigenvalue weighted by molar-refractivity contribution is -0.921. The number of halogens is 1. The molecule has 0 bridgehead atoms. The smallest absolute Gasteiger partial charge is 0.0757 e. The largest absolute Gasteiger partial charge is 1.00 e. The van der Waals surface area contributed by atoms with E-state index in [0.29, 0.717) is 0 Å². The Morgan fingerprint density at radius 3 is 0.909 bits per heavy atom. The highest BCUT2D eigenvalue weighted by Gasteiger charge is 2.16. The number of nitrogens with zero attached hydrogens (tertiary/aromatic N) is 1. The topological polar surface area (TPSA) is 35.0 Å². The predicted octanol–water partition coefficient (Wildman–Crippen LogP) is -0.951. The van der Waals surface area contributed by atoms with Gasteiger partial charge in [0, 0.05) is 0 Å². The molecule has 11 heavy (non-hydrogen) atoms. The van der Waals surface area contributed by atoms with Crippen LogP contribution in [0.5, 0.6) is 0 Å². The molecule has 0 aromatic rings. The van der Waals surface area contributed by atoms with Gasteiger partial charge in [0.15, 0.2) is 0 Å². The normalized spacial score (nSPS) is 9.82. The van der Waals surface area contributed by atoms with Crippen molar-refractivity contribution in [3.05, 3.63) is 0 Å². The van der Waals surface area contributed by atoms with Crippen molar-refractivity contribution < 1.29 is 16.9 Å². The van der Waals surface area contributed by atoms with Crippen molar-refractivity contribution in [2.45, 2.75) is 27.7 Å². The second-order valence-electron chi connectivity index (χ2n) is 2.61. The molecule has 0 saturated carbocycles. The first-order valence-corrected chi connectivity index (χ1v) is 4.09. The van der Waals surface area contributed by atoms with E-state index in [1.807, 2.05) is 0 Å². The molecular weight excluding hydrogens is 160 g/mol. The second kappa shape index (κ2) is 8.31. The van der Waals surface area contributed by atoms with E-state index in [4.69, 9.17) is 0 Å². The van der Waals surface area contributed by atoms with Crippen LogP contribution < -0.4 is 18.6 Å². The molecule has 0 atom stereocenters. The summed E-state index contributed by atoms with van der Waals surface area (Å²) in [6, 6.07) is 0. The van der Waals surface area contributed by atoms with Crippen LogP contribution in [0.1, 0.15) is 27.7 Å². The summed E-state index contributed by atoms with van der Waals surface area (Å²) in [4.78, 5) is 0. The van der Waals surface area contributed by atoms with Crippen LogP contribution in [0.2, 0.25) is 0 Å². The average Bonchev–Trinajstić information content (AvgIpc) is 1.95. The summed E-state index contributed by atoms with van der Waals surface area (Å²) in [7, 11) is 0. The molecule has 0 rings (SSSR count). The van der Waals surface area contributed by atoms with E-state index in [1.54, 1.807) is 0 Å². The summed E-state index contributed by atoms with van der Waals surface area (Å²) in [5, 5.41) is 0. The van der Waals surface area contributed by atoms with Crippen LogP contribution in [0.4, 0.5) is 0 Å². The Morgan fingerprint density at radius 2 is 0.909 bits per heavy atom. The standard InChI is InChI=1S/C8H20N.ClH.H3N/c1-5-9(6-2,7-3)8-4;;/h5-8H2,1-4H3;1H;1H3/q+1;;/p-1. The van der Waals surface area contributed by atoms with E-state index < -0.39 is 0 Å². The lowest BCUT2D eigenvalue weighted by Crippen LogP contribution is -3.00. The zero-order valence-corrected chi connectivity index (χ0v) is 9.12. The number of hydrogen-bond acceptors (Lipinski definition) is 1. The van der Waals surface area contributed by atoms with Gasteiger partial charge < -0.3 is 23.0 Å². The van der Waals surface area contributed by atoms with Gasteiger partial charge in [0.25, 0.3) is 0 Å². The van der Waals surface area contributed by atoms with Crippen LogP contribution in [0.3, 0.4) is 0 Å². The van der Waals surface area contributed by atoms with Crippen LogP contribution >= 0.6 is 0 Å². The Bertz CT molecular complexity index is 55.0. The molecule has 0 unspecified atom stereocenters. The third-order valence-corrected chi connectivity index (χ3v) is 2.68. The highest BCUT2D eigenvalue weighted by Crippen LogP contribution is 2.03. The van der Waals surface area contributed by atoms with Crippen molar-refractivity contribution in [1.29, 1.82) is 0 Å². The fourth-order valence-corrected chi connectivity index (χ4v) is 1.34. The molecule has 72 valence electrons. The Labute approximate surface area is 77.6 Å². The van der Waals surface area contributed by atoms with Crippen molar-refractivity contribution in [2.75, 3.05) is 26.2 Å². The molecule has 3 heteroatoms. The van der Waals surface area contributed by atoms with Crippen LogP contribution in [0, 0.1) is 0 Å². The highest BCUT2D eigenvalue weighted by atomic mass is 35.5. The van der Waals surface area contributed by atoms with Gasteiger partial charge in [-0.25, -0.2) is 0 Å². The minimum absolute atomic E-state index is 0. The zero-order valence-electron chi connectivity index (χ0n) is 8.36. The molecule has 0 radical (unpaired) electrons. The van der Waals surface area contributed by atoms with Gasteiger partial charge in [-0.15, -0.1) is 0 Å².